The Morgan fingerprint density at radius 2 is 2.13 bits per heavy atom. The summed E-state index contributed by atoms with van der Waals surface area (Å²) < 4.78 is 11.5. The average molecular weight is 425 g/mol. The van der Waals surface area contributed by atoms with E-state index in [1.54, 1.807) is 6.07 Å². The molecule has 4 heterocycles. The van der Waals surface area contributed by atoms with Gasteiger partial charge in [-0.3, -0.25) is 9.59 Å². The summed E-state index contributed by atoms with van der Waals surface area (Å²) in [5.41, 5.74) is 0.716. The summed E-state index contributed by atoms with van der Waals surface area (Å²) in [7, 11) is 0. The van der Waals surface area contributed by atoms with Crippen LogP contribution in [-0.2, 0) is 11.3 Å². The van der Waals surface area contributed by atoms with Crippen LogP contribution >= 0.6 is 0 Å². The van der Waals surface area contributed by atoms with Crippen molar-refractivity contribution in [2.24, 2.45) is 0 Å². The van der Waals surface area contributed by atoms with Crippen molar-refractivity contribution in [3.8, 4) is 17.3 Å². The van der Waals surface area contributed by atoms with Crippen LogP contribution in [0, 0.1) is 6.92 Å². The molecule has 1 saturated heterocycles. The van der Waals surface area contributed by atoms with E-state index in [-0.39, 0.29) is 11.7 Å². The summed E-state index contributed by atoms with van der Waals surface area (Å²) in [5.74, 6) is 0.461. The van der Waals surface area contributed by atoms with E-state index in [0.717, 1.165) is 10.4 Å². The number of carbonyl (C=O) groups excluding carboxylic acids is 1. The third-order valence-electron chi connectivity index (χ3n) is 5.45. The highest BCUT2D eigenvalue weighted by Crippen LogP contribution is 2.36. The van der Waals surface area contributed by atoms with E-state index in [1.807, 2.05) is 30.0 Å². The molecular formula is C19H19N7O5. The van der Waals surface area contributed by atoms with Crippen molar-refractivity contribution < 1.29 is 24.0 Å². The minimum atomic E-state index is -1.07. The molecule has 2 aliphatic heterocycles. The monoisotopic (exact) mass is 425 g/mol. The Labute approximate surface area is 175 Å². The maximum Gasteiger partial charge on any atom is 0.327 e. The molecule has 12 nitrogen and oxygen atoms in total. The summed E-state index contributed by atoms with van der Waals surface area (Å²) >= 11 is 0. The van der Waals surface area contributed by atoms with Crippen molar-refractivity contribution >= 4 is 17.7 Å². The topological polar surface area (TPSA) is 148 Å². The molecule has 1 spiro atoms. The van der Waals surface area contributed by atoms with E-state index in [9.17, 15) is 9.59 Å². The highest BCUT2D eigenvalue weighted by atomic mass is 16.5. The molecule has 31 heavy (non-hydrogen) atoms. The number of aryl methyl sites for hydroxylation is 1. The number of aliphatic carboxylic acids is 1. The van der Waals surface area contributed by atoms with Gasteiger partial charge in [0.1, 0.15) is 5.75 Å². The lowest BCUT2D eigenvalue weighted by Gasteiger charge is -2.44. The van der Waals surface area contributed by atoms with Gasteiger partial charge >= 0.3 is 5.97 Å². The Kier molecular flexibility index (Phi) is 4.34. The lowest BCUT2D eigenvalue weighted by molar-refractivity contribution is -0.138. The number of nitrogens with zero attached hydrogens (tertiary/aromatic N) is 6. The van der Waals surface area contributed by atoms with Crippen LogP contribution in [0.2, 0.25) is 0 Å². The summed E-state index contributed by atoms with van der Waals surface area (Å²) in [5, 5.41) is 27.4. The second kappa shape index (κ2) is 7.07. The number of benzene rings is 1. The first-order valence-corrected chi connectivity index (χ1v) is 9.75. The SMILES string of the molecule is Cc1cccc2c1C(=O)NC1(CCN(c3cc(-c4nnn(CC(=O)O)n4)on3)CC1)O2. The molecule has 5 rings (SSSR count). The minimum Gasteiger partial charge on any atom is -0.480 e. The van der Waals surface area contributed by atoms with Crippen LogP contribution in [0.1, 0.15) is 28.8 Å². The maximum absolute atomic E-state index is 12.7. The number of carboxylic acids is 1. The second-order valence-electron chi connectivity index (χ2n) is 7.57. The number of carbonyl (C=O) groups is 2. The number of ether oxygens (including phenoxy) is 1. The van der Waals surface area contributed by atoms with Crippen LogP contribution in [-0.4, -0.2) is 61.2 Å². The smallest absolute Gasteiger partial charge is 0.327 e. The van der Waals surface area contributed by atoms with Crippen LogP contribution < -0.4 is 15.0 Å². The molecule has 2 N–H and O–H groups in total. The number of tetrazole rings is 1. The van der Waals surface area contributed by atoms with Gasteiger partial charge in [0.2, 0.25) is 11.6 Å². The second-order valence-corrected chi connectivity index (χ2v) is 7.57. The Balaban J connectivity index is 1.28. The number of piperidine rings is 1. The third kappa shape index (κ3) is 3.45. The normalized spacial score (nSPS) is 17.2. The number of hydrogen-bond donors (Lipinski definition) is 2. The van der Waals surface area contributed by atoms with Crippen molar-refractivity contribution in [2.75, 3.05) is 18.0 Å². The number of hydrogen-bond acceptors (Lipinski definition) is 9. The number of anilines is 1. The molecular weight excluding hydrogens is 406 g/mol. The fourth-order valence-electron chi connectivity index (χ4n) is 3.90. The minimum absolute atomic E-state index is 0.118. The van der Waals surface area contributed by atoms with E-state index in [4.69, 9.17) is 14.4 Å². The van der Waals surface area contributed by atoms with Gasteiger partial charge in [-0.1, -0.05) is 17.3 Å². The van der Waals surface area contributed by atoms with Gasteiger partial charge in [-0.2, -0.15) is 4.80 Å². The van der Waals surface area contributed by atoms with Gasteiger partial charge in [-0.25, -0.2) is 0 Å². The molecule has 0 unspecified atom stereocenters. The van der Waals surface area contributed by atoms with Gasteiger partial charge in [-0.05, 0) is 23.8 Å². The third-order valence-corrected chi connectivity index (χ3v) is 5.45. The molecule has 3 aromatic rings. The summed E-state index contributed by atoms with van der Waals surface area (Å²) in [4.78, 5) is 26.4. The van der Waals surface area contributed by atoms with Crippen LogP contribution in [0.15, 0.2) is 28.8 Å². The molecule has 0 atom stereocenters. The first-order chi connectivity index (χ1) is 14.9. The molecule has 12 heteroatoms. The maximum atomic E-state index is 12.7. The lowest BCUT2D eigenvalue weighted by atomic mass is 9.95. The van der Waals surface area contributed by atoms with Crippen LogP contribution in [0.5, 0.6) is 5.75 Å². The molecule has 1 amide bonds. The highest BCUT2D eigenvalue weighted by Gasteiger charge is 2.43. The van der Waals surface area contributed by atoms with Crippen molar-refractivity contribution in [3.05, 3.63) is 35.4 Å². The predicted octanol–water partition coefficient (Wildman–Crippen LogP) is 0.840. The van der Waals surface area contributed by atoms with Crippen LogP contribution in [0.25, 0.3) is 11.6 Å². The molecule has 0 aliphatic carbocycles. The largest absolute Gasteiger partial charge is 0.480 e. The van der Waals surface area contributed by atoms with Crippen molar-refractivity contribution in [1.82, 2.24) is 30.7 Å². The molecule has 1 aromatic carbocycles. The number of amides is 1. The van der Waals surface area contributed by atoms with Crippen molar-refractivity contribution in [2.45, 2.75) is 32.0 Å². The summed E-state index contributed by atoms with van der Waals surface area (Å²) in [6.45, 7) is 2.68. The number of fused-ring (bicyclic) bond motifs is 1. The fraction of sp³-hybridized carbons (Fsp3) is 0.368. The van der Waals surface area contributed by atoms with Gasteiger partial charge in [0, 0.05) is 32.0 Å². The van der Waals surface area contributed by atoms with E-state index < -0.39 is 18.2 Å². The molecule has 2 aliphatic rings. The lowest BCUT2D eigenvalue weighted by Crippen LogP contribution is -2.61. The van der Waals surface area contributed by atoms with Crippen molar-refractivity contribution in [1.29, 1.82) is 0 Å². The fourth-order valence-corrected chi connectivity index (χ4v) is 3.90. The number of carboxylic acid groups (broad SMARTS) is 1. The predicted molar refractivity (Wildman–Crippen MR) is 104 cm³/mol. The zero-order valence-corrected chi connectivity index (χ0v) is 16.6. The van der Waals surface area contributed by atoms with Gasteiger partial charge < -0.3 is 24.6 Å². The number of rotatable bonds is 4. The van der Waals surface area contributed by atoms with Crippen LogP contribution in [0.3, 0.4) is 0 Å². The van der Waals surface area contributed by atoms with Gasteiger partial charge in [0.05, 0.1) is 5.56 Å². The molecule has 0 bridgehead atoms. The van der Waals surface area contributed by atoms with Gasteiger partial charge in [-0.15, -0.1) is 10.2 Å². The first kappa shape index (κ1) is 19.0. The molecule has 0 radical (unpaired) electrons. The Hall–Kier alpha value is -3.96. The quantitative estimate of drug-likeness (QED) is 0.616. The van der Waals surface area contributed by atoms with Crippen LogP contribution in [0.4, 0.5) is 5.82 Å². The van der Waals surface area contributed by atoms with Crippen molar-refractivity contribution in [3.63, 3.8) is 0 Å². The van der Waals surface area contributed by atoms with E-state index in [0.29, 0.717) is 48.8 Å². The standard InChI is InChI=1S/C19H19N7O5/c1-11-3-2-4-12-16(11)18(29)20-19(30-12)5-7-25(8-6-19)14-9-13(31-23-14)17-21-24-26(22-17)10-15(27)28/h2-4,9H,5-8,10H2,1H3,(H,20,29)(H,27,28). The van der Waals surface area contributed by atoms with Gasteiger partial charge in [0.15, 0.2) is 18.1 Å². The number of nitrogens with one attached hydrogen (secondary N) is 1. The molecule has 0 saturated carbocycles. The van der Waals surface area contributed by atoms with E-state index in [1.165, 1.54) is 0 Å². The van der Waals surface area contributed by atoms with Gasteiger partial charge in [0.25, 0.3) is 5.91 Å². The molecule has 1 fully saturated rings. The zero-order valence-electron chi connectivity index (χ0n) is 16.6. The van der Waals surface area contributed by atoms with E-state index in [2.05, 4.69) is 25.9 Å². The Morgan fingerprint density at radius 1 is 1.32 bits per heavy atom. The molecule has 2 aromatic heterocycles. The summed E-state index contributed by atoms with van der Waals surface area (Å²) in [6, 6.07) is 7.27. The number of aromatic nitrogens is 5. The highest BCUT2D eigenvalue weighted by molar-refractivity contribution is 5.99. The Morgan fingerprint density at radius 3 is 2.90 bits per heavy atom. The first-order valence-electron chi connectivity index (χ1n) is 9.75. The molecule has 160 valence electrons. The van der Waals surface area contributed by atoms with E-state index >= 15 is 0 Å². The summed E-state index contributed by atoms with van der Waals surface area (Å²) in [6.07, 6.45) is 1.14. The Bertz CT molecular complexity index is 1160. The average Bonchev–Trinajstić information content (AvgIpc) is 3.37. The zero-order chi connectivity index (χ0) is 21.6.